The van der Waals surface area contributed by atoms with Crippen molar-refractivity contribution < 1.29 is 4.39 Å². The summed E-state index contributed by atoms with van der Waals surface area (Å²) in [5, 5.41) is 8.77. The van der Waals surface area contributed by atoms with Crippen LogP contribution in [-0.4, -0.2) is 19.2 Å². The smallest absolute Gasteiger partial charge is 0.279 e. The van der Waals surface area contributed by atoms with Crippen LogP contribution in [0.15, 0.2) is 77.5 Å². The van der Waals surface area contributed by atoms with Crippen LogP contribution in [0.25, 0.3) is 17.4 Å². The monoisotopic (exact) mass is 378 g/mol. The highest BCUT2D eigenvalue weighted by Crippen LogP contribution is 2.21. The third-order valence-electron chi connectivity index (χ3n) is 4.11. The minimum atomic E-state index is -0.403. The average molecular weight is 378 g/mol. The van der Waals surface area contributed by atoms with E-state index in [4.69, 9.17) is 0 Å². The van der Waals surface area contributed by atoms with Crippen molar-refractivity contribution in [2.75, 3.05) is 0 Å². The van der Waals surface area contributed by atoms with Gasteiger partial charge < -0.3 is 0 Å². The SMILES string of the molecule is C=Cc1ccc(CSc2nnc3c(=O)n(-c4cccc(F)c4)ccn23)cc1. The third kappa shape index (κ3) is 3.41. The largest absolute Gasteiger partial charge is 0.300 e. The van der Waals surface area contributed by atoms with Crippen molar-refractivity contribution in [3.05, 3.63) is 94.8 Å². The van der Waals surface area contributed by atoms with Crippen molar-refractivity contribution in [1.82, 2.24) is 19.2 Å². The van der Waals surface area contributed by atoms with E-state index < -0.39 is 5.82 Å². The molecule has 4 rings (SSSR count). The number of nitrogens with zero attached hydrogens (tertiary/aromatic N) is 4. The Bertz CT molecular complexity index is 1180. The summed E-state index contributed by atoms with van der Waals surface area (Å²) in [5.74, 6) is 0.296. The summed E-state index contributed by atoms with van der Waals surface area (Å²) in [6.07, 6.45) is 5.10. The molecule has 0 radical (unpaired) electrons. The second-order valence-electron chi connectivity index (χ2n) is 5.86. The summed E-state index contributed by atoms with van der Waals surface area (Å²) >= 11 is 1.49. The molecule has 0 aliphatic rings. The van der Waals surface area contributed by atoms with Crippen LogP contribution < -0.4 is 5.56 Å². The van der Waals surface area contributed by atoms with Crippen molar-refractivity contribution in [1.29, 1.82) is 0 Å². The minimum Gasteiger partial charge on any atom is -0.279 e. The number of benzene rings is 2. The van der Waals surface area contributed by atoms with E-state index in [0.29, 0.717) is 16.6 Å². The summed E-state index contributed by atoms with van der Waals surface area (Å²) in [7, 11) is 0. The molecule has 2 aromatic heterocycles. The molecule has 2 heterocycles. The first-order valence-corrected chi connectivity index (χ1v) is 9.21. The number of thioether (sulfide) groups is 1. The molecule has 0 saturated heterocycles. The molecule has 134 valence electrons. The van der Waals surface area contributed by atoms with Gasteiger partial charge in [-0.1, -0.05) is 54.7 Å². The van der Waals surface area contributed by atoms with Gasteiger partial charge in [0.1, 0.15) is 5.82 Å². The summed E-state index contributed by atoms with van der Waals surface area (Å²) in [4.78, 5) is 12.7. The molecular formula is C20H15FN4OS. The summed E-state index contributed by atoms with van der Waals surface area (Å²) in [5.41, 5.74) is 2.50. The first-order chi connectivity index (χ1) is 13.2. The van der Waals surface area contributed by atoms with Gasteiger partial charge in [0.15, 0.2) is 5.16 Å². The minimum absolute atomic E-state index is 0.200. The Morgan fingerprint density at radius 1 is 1.11 bits per heavy atom. The molecule has 0 fully saturated rings. The lowest BCUT2D eigenvalue weighted by Gasteiger charge is -2.06. The van der Waals surface area contributed by atoms with Gasteiger partial charge in [-0.3, -0.25) is 13.8 Å². The maximum atomic E-state index is 13.5. The number of fused-ring (bicyclic) bond motifs is 1. The van der Waals surface area contributed by atoms with Crippen LogP contribution in [0.2, 0.25) is 0 Å². The van der Waals surface area contributed by atoms with E-state index in [0.717, 1.165) is 11.1 Å². The topological polar surface area (TPSA) is 52.2 Å². The predicted molar refractivity (Wildman–Crippen MR) is 105 cm³/mol. The molecule has 2 aromatic carbocycles. The lowest BCUT2D eigenvalue weighted by atomic mass is 10.1. The first kappa shape index (κ1) is 17.2. The van der Waals surface area contributed by atoms with E-state index in [1.165, 1.54) is 28.5 Å². The van der Waals surface area contributed by atoms with Crippen molar-refractivity contribution in [2.45, 2.75) is 10.9 Å². The highest BCUT2D eigenvalue weighted by molar-refractivity contribution is 7.98. The van der Waals surface area contributed by atoms with E-state index in [-0.39, 0.29) is 11.2 Å². The normalized spacial score (nSPS) is 11.0. The zero-order valence-electron chi connectivity index (χ0n) is 14.2. The molecule has 4 aromatic rings. The van der Waals surface area contributed by atoms with Gasteiger partial charge in [0.2, 0.25) is 5.65 Å². The third-order valence-corrected chi connectivity index (χ3v) is 5.12. The fourth-order valence-electron chi connectivity index (χ4n) is 2.69. The second-order valence-corrected chi connectivity index (χ2v) is 6.81. The fourth-order valence-corrected chi connectivity index (χ4v) is 3.56. The number of hydrogen-bond acceptors (Lipinski definition) is 4. The van der Waals surface area contributed by atoms with E-state index in [2.05, 4.69) is 16.8 Å². The van der Waals surface area contributed by atoms with E-state index in [9.17, 15) is 9.18 Å². The Balaban J connectivity index is 1.63. The van der Waals surface area contributed by atoms with Crippen LogP contribution in [0.3, 0.4) is 0 Å². The number of hydrogen-bond donors (Lipinski definition) is 0. The molecule has 0 amide bonds. The highest BCUT2D eigenvalue weighted by atomic mass is 32.2. The van der Waals surface area contributed by atoms with Crippen LogP contribution >= 0.6 is 11.8 Å². The predicted octanol–water partition coefficient (Wildman–Crippen LogP) is 3.95. The number of rotatable bonds is 5. The molecule has 5 nitrogen and oxygen atoms in total. The Kier molecular flexibility index (Phi) is 4.60. The molecule has 0 spiro atoms. The van der Waals surface area contributed by atoms with Crippen molar-refractivity contribution >= 4 is 23.5 Å². The van der Waals surface area contributed by atoms with Gasteiger partial charge in [0.05, 0.1) is 5.69 Å². The Morgan fingerprint density at radius 2 is 1.93 bits per heavy atom. The van der Waals surface area contributed by atoms with E-state index >= 15 is 0 Å². The lowest BCUT2D eigenvalue weighted by Crippen LogP contribution is -2.20. The summed E-state index contributed by atoms with van der Waals surface area (Å²) < 4.78 is 16.5. The van der Waals surface area contributed by atoms with Gasteiger partial charge >= 0.3 is 5.56 Å². The van der Waals surface area contributed by atoms with Gasteiger partial charge in [0, 0.05) is 18.1 Å². The lowest BCUT2D eigenvalue weighted by molar-refractivity contribution is 0.626. The zero-order valence-corrected chi connectivity index (χ0v) is 15.1. The van der Waals surface area contributed by atoms with Crippen LogP contribution in [0.4, 0.5) is 4.39 Å². The second kappa shape index (κ2) is 7.20. The quantitative estimate of drug-likeness (QED) is 0.494. The Morgan fingerprint density at radius 3 is 2.67 bits per heavy atom. The van der Waals surface area contributed by atoms with Crippen molar-refractivity contribution in [3.63, 3.8) is 0 Å². The fraction of sp³-hybridized carbons (Fsp3) is 0.0500. The molecule has 27 heavy (non-hydrogen) atoms. The van der Waals surface area contributed by atoms with Crippen LogP contribution in [-0.2, 0) is 5.75 Å². The van der Waals surface area contributed by atoms with Gasteiger partial charge in [-0.15, -0.1) is 10.2 Å². The Hall–Kier alpha value is -3.19. The van der Waals surface area contributed by atoms with Gasteiger partial charge in [-0.25, -0.2) is 4.39 Å². The van der Waals surface area contributed by atoms with Crippen molar-refractivity contribution in [2.24, 2.45) is 0 Å². The summed E-state index contributed by atoms with van der Waals surface area (Å²) in [6.45, 7) is 3.74. The molecule has 0 aliphatic carbocycles. The standard InChI is InChI=1S/C20H15FN4OS/c1-2-14-6-8-15(9-7-14)13-27-20-23-22-18-19(26)24(10-11-25(18)20)17-5-3-4-16(21)12-17/h2-12H,1,13H2. The molecule has 0 unspecified atom stereocenters. The highest BCUT2D eigenvalue weighted by Gasteiger charge is 2.12. The Labute approximate surface area is 158 Å². The van der Waals surface area contributed by atoms with Gasteiger partial charge in [-0.2, -0.15) is 0 Å². The molecule has 0 N–H and O–H groups in total. The van der Waals surface area contributed by atoms with Crippen molar-refractivity contribution in [3.8, 4) is 5.69 Å². The average Bonchev–Trinajstić information content (AvgIpc) is 3.11. The van der Waals surface area contributed by atoms with Crippen LogP contribution in [0, 0.1) is 5.82 Å². The molecule has 0 saturated carbocycles. The van der Waals surface area contributed by atoms with Gasteiger partial charge in [-0.05, 0) is 29.3 Å². The maximum absolute atomic E-state index is 13.5. The molecule has 0 atom stereocenters. The van der Waals surface area contributed by atoms with Crippen LogP contribution in [0.5, 0.6) is 0 Å². The first-order valence-electron chi connectivity index (χ1n) is 8.22. The number of halogens is 1. The maximum Gasteiger partial charge on any atom is 0.300 e. The summed E-state index contributed by atoms with van der Waals surface area (Å²) in [6, 6.07) is 13.9. The van der Waals surface area contributed by atoms with E-state index in [1.807, 2.05) is 24.3 Å². The van der Waals surface area contributed by atoms with Gasteiger partial charge in [0.25, 0.3) is 0 Å². The van der Waals surface area contributed by atoms with Crippen LogP contribution in [0.1, 0.15) is 11.1 Å². The molecular weight excluding hydrogens is 363 g/mol. The zero-order chi connectivity index (χ0) is 18.8. The van der Waals surface area contributed by atoms with E-state index in [1.54, 1.807) is 35.0 Å². The number of aromatic nitrogens is 4. The molecule has 7 heteroatoms. The molecule has 0 bridgehead atoms. The molecule has 0 aliphatic heterocycles.